The van der Waals surface area contributed by atoms with Gasteiger partial charge in [-0.2, -0.15) is 0 Å². The van der Waals surface area contributed by atoms with Crippen molar-refractivity contribution in [3.8, 4) is 11.5 Å². The summed E-state index contributed by atoms with van der Waals surface area (Å²) < 4.78 is 21.7. The highest BCUT2D eigenvalue weighted by Crippen LogP contribution is 2.30. The summed E-state index contributed by atoms with van der Waals surface area (Å²) in [6, 6.07) is 11.6. The molecule has 0 saturated carbocycles. The predicted octanol–water partition coefficient (Wildman–Crippen LogP) is 5.79. The molecular formula is C32H46N2O7. The normalized spacial score (nSPS) is 12.1. The fourth-order valence-corrected chi connectivity index (χ4v) is 4.80. The average molecular weight is 571 g/mol. The molecule has 41 heavy (non-hydrogen) atoms. The third kappa shape index (κ3) is 9.69. The smallest absolute Gasteiger partial charge is 0.332 e. The number of esters is 2. The first kappa shape index (κ1) is 33.5. The quantitative estimate of drug-likeness (QED) is 0.164. The summed E-state index contributed by atoms with van der Waals surface area (Å²) in [7, 11) is 3.13. The topological polar surface area (TPSA) is 94.6 Å². The lowest BCUT2D eigenvalue weighted by atomic mass is 10.0. The monoisotopic (exact) mass is 570 g/mol. The molecule has 2 aromatic rings. The molecule has 9 nitrogen and oxygen atoms in total. The Labute approximate surface area is 244 Å². The standard InChI is InChI=1S/C32H46N2O7/c1-7-10-11-12-13-14-23-33(25-15-19-27(38-5)20-16-25)29(31(36)40-8-2)30(32(37)41-9-3)34(24(4)35)26-17-21-28(39-6)22-18-26/h15-22,29-30H,7-14,23H2,1-6H3. The minimum Gasteiger partial charge on any atom is -0.497 e. The van der Waals surface area contributed by atoms with Gasteiger partial charge in [0.15, 0.2) is 12.1 Å². The molecule has 2 atom stereocenters. The summed E-state index contributed by atoms with van der Waals surface area (Å²) in [6.07, 6.45) is 6.28. The minimum absolute atomic E-state index is 0.0825. The lowest BCUT2D eigenvalue weighted by molar-refractivity contribution is -0.153. The van der Waals surface area contributed by atoms with E-state index in [1.54, 1.807) is 64.5 Å². The zero-order valence-corrected chi connectivity index (χ0v) is 25.4. The lowest BCUT2D eigenvalue weighted by Crippen LogP contribution is -2.61. The van der Waals surface area contributed by atoms with Gasteiger partial charge in [0.25, 0.3) is 0 Å². The van der Waals surface area contributed by atoms with Crippen LogP contribution in [0.2, 0.25) is 0 Å². The van der Waals surface area contributed by atoms with Gasteiger partial charge in [0.2, 0.25) is 5.91 Å². The average Bonchev–Trinajstić information content (AvgIpc) is 2.97. The molecular weight excluding hydrogens is 524 g/mol. The molecule has 0 radical (unpaired) electrons. The number of anilines is 2. The maximum Gasteiger partial charge on any atom is 0.332 e. The molecule has 2 rings (SSSR count). The molecule has 0 saturated heterocycles. The van der Waals surface area contributed by atoms with Gasteiger partial charge in [-0.25, -0.2) is 9.59 Å². The van der Waals surface area contributed by atoms with Crippen molar-refractivity contribution in [2.45, 2.75) is 78.3 Å². The molecule has 0 fully saturated rings. The Morgan fingerprint density at radius 2 is 1.12 bits per heavy atom. The summed E-state index contributed by atoms with van der Waals surface area (Å²) in [4.78, 5) is 43.9. The SMILES string of the molecule is CCCCCCCCN(c1ccc(OC)cc1)C(C(=O)OCC)C(C(=O)OCC)N(C(C)=O)c1ccc(OC)cc1. The lowest BCUT2D eigenvalue weighted by Gasteiger charge is -2.40. The van der Waals surface area contributed by atoms with E-state index < -0.39 is 29.9 Å². The predicted molar refractivity (Wildman–Crippen MR) is 161 cm³/mol. The number of carbonyl (C=O) groups is 3. The number of ether oxygens (including phenoxy) is 4. The summed E-state index contributed by atoms with van der Waals surface area (Å²) >= 11 is 0. The van der Waals surface area contributed by atoms with Crippen molar-refractivity contribution in [3.63, 3.8) is 0 Å². The van der Waals surface area contributed by atoms with E-state index in [4.69, 9.17) is 18.9 Å². The van der Waals surface area contributed by atoms with Gasteiger partial charge < -0.3 is 23.8 Å². The molecule has 226 valence electrons. The van der Waals surface area contributed by atoms with E-state index >= 15 is 0 Å². The van der Waals surface area contributed by atoms with Crippen molar-refractivity contribution in [3.05, 3.63) is 48.5 Å². The third-order valence-electron chi connectivity index (χ3n) is 6.82. The first-order chi connectivity index (χ1) is 19.8. The van der Waals surface area contributed by atoms with Crippen molar-refractivity contribution in [2.24, 2.45) is 0 Å². The van der Waals surface area contributed by atoms with Crippen LogP contribution < -0.4 is 19.3 Å². The molecule has 1 amide bonds. The van der Waals surface area contributed by atoms with E-state index in [9.17, 15) is 14.4 Å². The van der Waals surface area contributed by atoms with Gasteiger partial charge in [-0.15, -0.1) is 0 Å². The second-order valence-electron chi connectivity index (χ2n) is 9.64. The van der Waals surface area contributed by atoms with Crippen LogP contribution in [0.25, 0.3) is 0 Å². The molecule has 2 aromatic carbocycles. The molecule has 0 N–H and O–H groups in total. The molecule has 2 unspecified atom stereocenters. The van der Waals surface area contributed by atoms with E-state index in [1.807, 2.05) is 17.0 Å². The van der Waals surface area contributed by atoms with Crippen LogP contribution in [0, 0.1) is 0 Å². The van der Waals surface area contributed by atoms with Crippen LogP contribution in [-0.4, -0.2) is 63.9 Å². The number of hydrogen-bond donors (Lipinski definition) is 0. The van der Waals surface area contributed by atoms with E-state index in [0.29, 0.717) is 29.4 Å². The number of nitrogens with zero attached hydrogens (tertiary/aromatic N) is 2. The van der Waals surface area contributed by atoms with Gasteiger partial charge in [-0.3, -0.25) is 9.69 Å². The Hall–Kier alpha value is -3.75. The van der Waals surface area contributed by atoms with Gasteiger partial charge in [0.05, 0.1) is 27.4 Å². The zero-order chi connectivity index (χ0) is 30.2. The van der Waals surface area contributed by atoms with Crippen molar-refractivity contribution in [2.75, 3.05) is 43.8 Å². The van der Waals surface area contributed by atoms with E-state index in [2.05, 4.69) is 6.92 Å². The van der Waals surface area contributed by atoms with Crippen LogP contribution in [0.1, 0.15) is 66.2 Å². The summed E-state index contributed by atoms with van der Waals surface area (Å²) in [5, 5.41) is 0. The highest BCUT2D eigenvalue weighted by molar-refractivity contribution is 6.02. The molecule has 0 bridgehead atoms. The van der Waals surface area contributed by atoms with Crippen molar-refractivity contribution >= 4 is 29.2 Å². The fraction of sp³-hybridized carbons (Fsp3) is 0.531. The second-order valence-corrected chi connectivity index (χ2v) is 9.64. The highest BCUT2D eigenvalue weighted by atomic mass is 16.5. The van der Waals surface area contributed by atoms with Crippen molar-refractivity contribution in [1.29, 1.82) is 0 Å². The first-order valence-corrected chi connectivity index (χ1v) is 14.5. The molecule has 0 aliphatic heterocycles. The van der Waals surface area contributed by atoms with Crippen molar-refractivity contribution in [1.82, 2.24) is 0 Å². The zero-order valence-electron chi connectivity index (χ0n) is 25.4. The third-order valence-corrected chi connectivity index (χ3v) is 6.82. The molecule has 0 aliphatic rings. The molecule has 0 spiro atoms. The molecule has 0 heterocycles. The number of carbonyl (C=O) groups excluding carboxylic acids is 3. The van der Waals surface area contributed by atoms with Gasteiger partial charge in [-0.05, 0) is 68.8 Å². The van der Waals surface area contributed by atoms with Gasteiger partial charge in [0.1, 0.15) is 11.5 Å². The number of rotatable bonds is 18. The highest BCUT2D eigenvalue weighted by Gasteiger charge is 2.46. The van der Waals surface area contributed by atoms with Crippen LogP contribution in [-0.2, 0) is 23.9 Å². The molecule has 0 aliphatic carbocycles. The second kappa shape index (κ2) is 17.8. The van der Waals surface area contributed by atoms with Crippen LogP contribution in [0.5, 0.6) is 11.5 Å². The maximum atomic E-state index is 13.8. The fourth-order valence-electron chi connectivity index (χ4n) is 4.80. The number of amides is 1. The summed E-state index contributed by atoms with van der Waals surface area (Å²) in [6.45, 7) is 7.61. The Morgan fingerprint density at radius 3 is 1.59 bits per heavy atom. The van der Waals surface area contributed by atoms with Gasteiger partial charge >= 0.3 is 11.9 Å². The number of hydrogen-bond acceptors (Lipinski definition) is 8. The van der Waals surface area contributed by atoms with Crippen LogP contribution in [0.15, 0.2) is 48.5 Å². The van der Waals surface area contributed by atoms with E-state index in [0.717, 1.165) is 32.1 Å². The summed E-state index contributed by atoms with van der Waals surface area (Å²) in [5.41, 5.74) is 1.13. The van der Waals surface area contributed by atoms with Gasteiger partial charge in [-0.1, -0.05) is 39.0 Å². The Bertz CT molecular complexity index is 1070. The largest absolute Gasteiger partial charge is 0.497 e. The van der Waals surface area contributed by atoms with Crippen LogP contribution in [0.4, 0.5) is 11.4 Å². The molecule has 0 aromatic heterocycles. The number of benzene rings is 2. The molecule has 9 heteroatoms. The Kier molecular flexibility index (Phi) is 14.6. The van der Waals surface area contributed by atoms with Crippen LogP contribution in [0.3, 0.4) is 0 Å². The van der Waals surface area contributed by atoms with Gasteiger partial charge in [0, 0.05) is 24.8 Å². The first-order valence-electron chi connectivity index (χ1n) is 14.5. The van der Waals surface area contributed by atoms with E-state index in [-0.39, 0.29) is 13.2 Å². The minimum atomic E-state index is -1.32. The van der Waals surface area contributed by atoms with Crippen LogP contribution >= 0.6 is 0 Å². The Morgan fingerprint density at radius 1 is 0.659 bits per heavy atom. The summed E-state index contributed by atoms with van der Waals surface area (Å²) in [5.74, 6) is -0.483. The number of methoxy groups -OCH3 is 2. The Balaban J connectivity index is 2.67. The number of unbranched alkanes of at least 4 members (excludes halogenated alkanes) is 5. The maximum absolute atomic E-state index is 13.8. The van der Waals surface area contributed by atoms with E-state index in [1.165, 1.54) is 18.2 Å². The van der Waals surface area contributed by atoms with Crippen molar-refractivity contribution < 1.29 is 33.3 Å².